The number of Topliss-reactive ketones (excluding diaryl/α,β-unsaturated/α-hetero) is 2. The summed E-state index contributed by atoms with van der Waals surface area (Å²) >= 11 is 0. The first kappa shape index (κ1) is 21.2. The number of methoxy groups -OCH3 is 2. The maximum absolute atomic E-state index is 13.4. The summed E-state index contributed by atoms with van der Waals surface area (Å²) in [6.07, 6.45) is -1.02. The number of ketones is 2. The Hall–Kier alpha value is -3.66. The van der Waals surface area contributed by atoms with Crippen LogP contribution in [0.5, 0.6) is 0 Å². The standard InChI is InChI=1S/C23H23N3O7/c1-11-17(27)16-15(18(28)19(11)31-2)13(10-33-22(24)30)23(32-3)20-14(9-25(16)23)26(20)21(29)12-7-5-4-6-8-12/h4-8,13-14,20H,9-10H2,1-3H3,(H2,24,30). The molecule has 3 aliphatic heterocycles. The highest BCUT2D eigenvalue weighted by molar-refractivity contribution is 6.25. The molecule has 33 heavy (non-hydrogen) atoms. The normalized spacial score (nSPS) is 29.7. The third-order valence-corrected chi connectivity index (χ3v) is 7.05. The van der Waals surface area contributed by atoms with Crippen LogP contribution in [0, 0.1) is 5.92 Å². The Balaban J connectivity index is 1.58. The highest BCUT2D eigenvalue weighted by Crippen LogP contribution is 2.60. The maximum Gasteiger partial charge on any atom is 0.404 e. The molecule has 1 aromatic carbocycles. The summed E-state index contributed by atoms with van der Waals surface area (Å²) in [7, 11) is 2.78. The summed E-state index contributed by atoms with van der Waals surface area (Å²) in [6.45, 7) is 1.55. The fraction of sp³-hybridized carbons (Fsp3) is 0.391. The number of primary amides is 1. The number of hydrogen-bond donors (Lipinski definition) is 1. The number of piperazine rings is 1. The van der Waals surface area contributed by atoms with Gasteiger partial charge in [0.05, 0.1) is 24.8 Å². The second kappa shape index (κ2) is 7.17. The van der Waals surface area contributed by atoms with Gasteiger partial charge < -0.3 is 29.7 Å². The average molecular weight is 453 g/mol. The smallest absolute Gasteiger partial charge is 0.404 e. The Morgan fingerprint density at radius 3 is 2.45 bits per heavy atom. The number of amides is 2. The van der Waals surface area contributed by atoms with Gasteiger partial charge in [-0.2, -0.15) is 0 Å². The Kier molecular flexibility index (Phi) is 4.61. The predicted molar refractivity (Wildman–Crippen MR) is 112 cm³/mol. The lowest BCUT2D eigenvalue weighted by Crippen LogP contribution is -2.56. The zero-order valence-corrected chi connectivity index (χ0v) is 18.4. The Labute approximate surface area is 189 Å². The van der Waals surface area contributed by atoms with Gasteiger partial charge in [-0.15, -0.1) is 0 Å². The van der Waals surface area contributed by atoms with E-state index in [9.17, 15) is 19.2 Å². The van der Waals surface area contributed by atoms with E-state index in [1.165, 1.54) is 21.1 Å². The van der Waals surface area contributed by atoms with Crippen LogP contribution in [0.1, 0.15) is 17.3 Å². The van der Waals surface area contributed by atoms with Crippen molar-refractivity contribution in [3.05, 3.63) is 58.5 Å². The minimum atomic E-state index is -1.26. The van der Waals surface area contributed by atoms with Gasteiger partial charge in [0.1, 0.15) is 12.6 Å². The number of hydrogen-bond acceptors (Lipinski definition) is 8. The molecule has 1 aromatic rings. The van der Waals surface area contributed by atoms with Crippen molar-refractivity contribution in [3.63, 3.8) is 0 Å². The molecule has 2 saturated heterocycles. The Morgan fingerprint density at radius 1 is 1.15 bits per heavy atom. The predicted octanol–water partition coefficient (Wildman–Crippen LogP) is 0.589. The van der Waals surface area contributed by atoms with E-state index in [0.29, 0.717) is 12.1 Å². The molecule has 0 saturated carbocycles. The summed E-state index contributed by atoms with van der Waals surface area (Å²) in [6, 6.07) is 8.16. The summed E-state index contributed by atoms with van der Waals surface area (Å²) in [5.74, 6) is -1.90. The number of fused-ring (bicyclic) bond motifs is 4. The zero-order chi connectivity index (χ0) is 23.7. The van der Waals surface area contributed by atoms with Gasteiger partial charge >= 0.3 is 6.09 Å². The average Bonchev–Trinajstić information content (AvgIpc) is 3.31. The quantitative estimate of drug-likeness (QED) is 0.507. The molecule has 4 unspecified atom stereocenters. The number of carbonyl (C=O) groups excluding carboxylic acids is 4. The molecule has 4 aliphatic rings. The lowest BCUT2D eigenvalue weighted by Gasteiger charge is -2.41. The zero-order valence-electron chi connectivity index (χ0n) is 18.4. The van der Waals surface area contributed by atoms with Crippen LogP contribution < -0.4 is 5.73 Å². The third kappa shape index (κ3) is 2.64. The van der Waals surface area contributed by atoms with E-state index in [0.717, 1.165) is 0 Å². The van der Waals surface area contributed by atoms with Crippen LogP contribution in [-0.2, 0) is 23.8 Å². The van der Waals surface area contributed by atoms with Crippen molar-refractivity contribution in [2.75, 3.05) is 27.4 Å². The van der Waals surface area contributed by atoms with Crippen molar-refractivity contribution in [1.82, 2.24) is 9.80 Å². The summed E-state index contributed by atoms with van der Waals surface area (Å²) < 4.78 is 16.4. The molecule has 1 aliphatic carbocycles. The molecule has 10 heteroatoms. The fourth-order valence-corrected chi connectivity index (χ4v) is 5.69. The molecule has 0 aromatic heterocycles. The van der Waals surface area contributed by atoms with E-state index < -0.39 is 29.6 Å². The molecule has 172 valence electrons. The van der Waals surface area contributed by atoms with Crippen molar-refractivity contribution < 1.29 is 33.4 Å². The van der Waals surface area contributed by atoms with Gasteiger partial charge in [-0.05, 0) is 19.1 Å². The van der Waals surface area contributed by atoms with E-state index in [4.69, 9.17) is 19.9 Å². The van der Waals surface area contributed by atoms with Crippen molar-refractivity contribution in [2.45, 2.75) is 24.7 Å². The van der Waals surface area contributed by atoms with Gasteiger partial charge in [0, 0.05) is 30.4 Å². The molecule has 0 spiro atoms. The number of carbonyl (C=O) groups is 4. The van der Waals surface area contributed by atoms with Gasteiger partial charge in [-0.25, -0.2) is 4.79 Å². The van der Waals surface area contributed by atoms with E-state index in [-0.39, 0.29) is 46.9 Å². The van der Waals surface area contributed by atoms with Crippen LogP contribution in [-0.4, -0.2) is 78.5 Å². The molecular formula is C23H23N3O7. The summed E-state index contributed by atoms with van der Waals surface area (Å²) in [4.78, 5) is 54.8. The molecule has 2 amide bonds. The van der Waals surface area contributed by atoms with Crippen LogP contribution in [0.25, 0.3) is 0 Å². The van der Waals surface area contributed by atoms with E-state index in [2.05, 4.69) is 0 Å². The SMILES string of the molecule is COC1=C(C)C(=O)C2=C(C1=O)C(COC(N)=O)C1(OC)C3C(CN21)N3C(=O)c1ccccc1. The second-order valence-electron chi connectivity index (χ2n) is 8.42. The highest BCUT2D eigenvalue weighted by Gasteiger charge is 2.77. The molecule has 0 radical (unpaired) electrons. The number of nitrogens with zero attached hydrogens (tertiary/aromatic N) is 2. The first-order valence-corrected chi connectivity index (χ1v) is 10.5. The van der Waals surface area contributed by atoms with Crippen LogP contribution >= 0.6 is 0 Å². The van der Waals surface area contributed by atoms with Gasteiger partial charge in [-0.3, -0.25) is 14.4 Å². The first-order valence-electron chi connectivity index (χ1n) is 10.5. The van der Waals surface area contributed by atoms with Crippen molar-refractivity contribution >= 4 is 23.6 Å². The molecule has 5 rings (SSSR count). The van der Waals surface area contributed by atoms with E-state index in [1.54, 1.807) is 34.1 Å². The number of allylic oxidation sites excluding steroid dienone is 2. The second-order valence-corrected chi connectivity index (χ2v) is 8.42. The lowest BCUT2D eigenvalue weighted by molar-refractivity contribution is -0.143. The van der Waals surface area contributed by atoms with E-state index in [1.807, 2.05) is 6.07 Å². The molecule has 2 N–H and O–H groups in total. The van der Waals surface area contributed by atoms with Gasteiger partial charge in [0.15, 0.2) is 11.5 Å². The fourth-order valence-electron chi connectivity index (χ4n) is 5.69. The monoisotopic (exact) mass is 453 g/mol. The minimum Gasteiger partial charge on any atom is -0.492 e. The topological polar surface area (TPSA) is 128 Å². The minimum absolute atomic E-state index is 0.0557. The van der Waals surface area contributed by atoms with Gasteiger partial charge in [0.25, 0.3) is 5.91 Å². The van der Waals surface area contributed by atoms with Crippen LogP contribution in [0.15, 0.2) is 52.9 Å². The summed E-state index contributed by atoms with van der Waals surface area (Å²) in [5, 5.41) is 0. The Bertz CT molecular complexity index is 1160. The lowest BCUT2D eigenvalue weighted by atomic mass is 9.83. The summed E-state index contributed by atoms with van der Waals surface area (Å²) in [5.41, 5.74) is 5.03. The van der Waals surface area contributed by atoms with Crippen LogP contribution in [0.3, 0.4) is 0 Å². The number of nitrogens with two attached hydrogens (primary N) is 1. The van der Waals surface area contributed by atoms with Gasteiger partial charge in [-0.1, -0.05) is 18.2 Å². The first-order chi connectivity index (χ1) is 15.8. The van der Waals surface area contributed by atoms with Crippen LogP contribution in [0.2, 0.25) is 0 Å². The Morgan fingerprint density at radius 2 is 1.85 bits per heavy atom. The maximum atomic E-state index is 13.4. The molecule has 3 heterocycles. The van der Waals surface area contributed by atoms with Crippen LogP contribution in [0.4, 0.5) is 4.79 Å². The van der Waals surface area contributed by atoms with Crippen molar-refractivity contribution in [1.29, 1.82) is 0 Å². The molecule has 4 atom stereocenters. The van der Waals surface area contributed by atoms with Crippen molar-refractivity contribution in [3.8, 4) is 0 Å². The molecule has 0 bridgehead atoms. The largest absolute Gasteiger partial charge is 0.492 e. The number of rotatable bonds is 5. The van der Waals surface area contributed by atoms with E-state index >= 15 is 0 Å². The van der Waals surface area contributed by atoms with Gasteiger partial charge in [0.2, 0.25) is 11.6 Å². The number of ether oxygens (including phenoxy) is 3. The molecule has 10 nitrogen and oxygen atoms in total. The number of benzene rings is 1. The van der Waals surface area contributed by atoms with Crippen molar-refractivity contribution in [2.24, 2.45) is 11.7 Å². The molecular weight excluding hydrogens is 430 g/mol. The highest BCUT2D eigenvalue weighted by atomic mass is 16.6. The molecule has 2 fully saturated rings. The third-order valence-electron chi connectivity index (χ3n) is 7.05.